The Morgan fingerprint density at radius 2 is 1.88 bits per heavy atom. The van der Waals surface area contributed by atoms with E-state index in [2.05, 4.69) is 15.4 Å². The highest BCUT2D eigenvalue weighted by molar-refractivity contribution is 5.95. The number of aromatic nitrogens is 3. The van der Waals surface area contributed by atoms with Gasteiger partial charge in [-0.25, -0.2) is 9.67 Å². The van der Waals surface area contributed by atoms with Gasteiger partial charge in [0.15, 0.2) is 5.82 Å². The number of ether oxygens (including phenoxy) is 1. The van der Waals surface area contributed by atoms with Crippen molar-refractivity contribution in [2.45, 2.75) is 13.2 Å². The molecular weight excluding hydrogens is 406 g/mol. The molecule has 4 rings (SSSR count). The summed E-state index contributed by atoms with van der Waals surface area (Å²) in [4.78, 5) is 28.5. The number of amides is 2. The quantitative estimate of drug-likeness (QED) is 0.449. The second-order valence-corrected chi connectivity index (χ2v) is 7.01. The van der Waals surface area contributed by atoms with Gasteiger partial charge in [0, 0.05) is 30.7 Å². The monoisotopic (exact) mass is 427 g/mol. The summed E-state index contributed by atoms with van der Waals surface area (Å²) in [5, 5.41) is 7.03. The molecule has 0 atom stereocenters. The fraction of sp³-hybridized carbons (Fsp3) is 0.0833. The first kappa shape index (κ1) is 20.8. The Morgan fingerprint density at radius 3 is 2.62 bits per heavy atom. The molecule has 0 bridgehead atoms. The van der Waals surface area contributed by atoms with Crippen molar-refractivity contribution in [3.05, 3.63) is 108 Å². The molecule has 2 amide bonds. The summed E-state index contributed by atoms with van der Waals surface area (Å²) >= 11 is 0. The summed E-state index contributed by atoms with van der Waals surface area (Å²) in [5.41, 5.74) is 7.87. The highest BCUT2D eigenvalue weighted by Gasteiger charge is 2.10. The van der Waals surface area contributed by atoms with Crippen molar-refractivity contribution in [1.82, 2.24) is 20.1 Å². The highest BCUT2D eigenvalue weighted by Crippen LogP contribution is 2.19. The highest BCUT2D eigenvalue weighted by atomic mass is 16.5. The number of nitrogens with one attached hydrogen (secondary N) is 1. The third-order valence-electron chi connectivity index (χ3n) is 4.74. The minimum Gasteiger partial charge on any atom is -0.488 e. The molecule has 8 heteroatoms. The van der Waals surface area contributed by atoms with Gasteiger partial charge in [0.25, 0.3) is 11.8 Å². The van der Waals surface area contributed by atoms with E-state index in [1.165, 1.54) is 0 Å². The Morgan fingerprint density at radius 1 is 1.00 bits per heavy atom. The number of hydrogen-bond donors (Lipinski definition) is 2. The van der Waals surface area contributed by atoms with Crippen LogP contribution in [0.3, 0.4) is 0 Å². The average Bonchev–Trinajstić information content (AvgIpc) is 3.37. The number of nitrogens with two attached hydrogens (primary N) is 1. The summed E-state index contributed by atoms with van der Waals surface area (Å²) in [6.07, 6.45) is 5.20. The molecule has 0 aliphatic rings. The molecule has 3 N–H and O–H groups in total. The normalized spacial score (nSPS) is 10.5. The molecular formula is C24H21N5O3. The van der Waals surface area contributed by atoms with Crippen LogP contribution in [0.2, 0.25) is 0 Å². The number of hydrogen-bond acceptors (Lipinski definition) is 5. The van der Waals surface area contributed by atoms with Crippen LogP contribution in [0.5, 0.6) is 5.75 Å². The maximum absolute atomic E-state index is 12.6. The van der Waals surface area contributed by atoms with Gasteiger partial charge in [-0.2, -0.15) is 5.10 Å². The van der Waals surface area contributed by atoms with Crippen LogP contribution in [0.15, 0.2) is 85.3 Å². The van der Waals surface area contributed by atoms with E-state index in [1.807, 2.05) is 30.5 Å². The summed E-state index contributed by atoms with van der Waals surface area (Å²) < 4.78 is 7.41. The molecule has 32 heavy (non-hydrogen) atoms. The number of carbonyl (C=O) groups is 2. The van der Waals surface area contributed by atoms with E-state index in [-0.39, 0.29) is 12.5 Å². The van der Waals surface area contributed by atoms with Gasteiger partial charge in [0.1, 0.15) is 12.4 Å². The number of nitrogens with zero attached hydrogens (tertiary/aromatic N) is 3. The zero-order valence-corrected chi connectivity index (χ0v) is 17.1. The summed E-state index contributed by atoms with van der Waals surface area (Å²) in [6.45, 7) is 0.544. The van der Waals surface area contributed by atoms with Crippen molar-refractivity contribution >= 4 is 11.8 Å². The fourth-order valence-corrected chi connectivity index (χ4v) is 3.11. The summed E-state index contributed by atoms with van der Waals surface area (Å²) in [7, 11) is 0. The van der Waals surface area contributed by atoms with Crippen molar-refractivity contribution in [2.75, 3.05) is 0 Å². The van der Waals surface area contributed by atoms with Gasteiger partial charge in [-0.15, -0.1) is 0 Å². The standard InChI is InChI=1S/C24H21N5O3/c25-23(30)20-7-1-2-8-21(20)32-16-17-5-3-6-19(13-17)24(31)27-15-18-9-10-22(26-14-18)29-12-4-11-28-29/h1-14H,15-16H2,(H2,25,30)(H,27,31). The van der Waals surface area contributed by atoms with Crippen LogP contribution in [0.25, 0.3) is 5.82 Å². The molecule has 0 aliphatic carbocycles. The maximum atomic E-state index is 12.6. The third kappa shape index (κ3) is 4.99. The molecule has 0 radical (unpaired) electrons. The van der Waals surface area contributed by atoms with E-state index in [9.17, 15) is 9.59 Å². The summed E-state index contributed by atoms with van der Waals surface area (Å²) in [6, 6.07) is 19.5. The molecule has 2 heterocycles. The molecule has 0 fully saturated rings. The van der Waals surface area contributed by atoms with E-state index in [0.717, 1.165) is 11.1 Å². The smallest absolute Gasteiger partial charge is 0.252 e. The first-order valence-electron chi connectivity index (χ1n) is 9.94. The molecule has 0 spiro atoms. The number of benzene rings is 2. The van der Waals surface area contributed by atoms with Crippen LogP contribution in [0, 0.1) is 0 Å². The van der Waals surface area contributed by atoms with Crippen LogP contribution in [-0.2, 0) is 13.2 Å². The lowest BCUT2D eigenvalue weighted by Gasteiger charge is -2.11. The number of rotatable bonds is 8. The van der Waals surface area contributed by atoms with Crippen molar-refractivity contribution in [3.8, 4) is 11.6 Å². The lowest BCUT2D eigenvalue weighted by Crippen LogP contribution is -2.23. The van der Waals surface area contributed by atoms with Crippen molar-refractivity contribution in [2.24, 2.45) is 5.73 Å². The topological polar surface area (TPSA) is 112 Å². The lowest BCUT2D eigenvalue weighted by molar-refractivity contribution is 0.0949. The minimum absolute atomic E-state index is 0.199. The Balaban J connectivity index is 1.36. The molecule has 0 saturated heterocycles. The Labute approximate surface area is 184 Å². The zero-order valence-electron chi connectivity index (χ0n) is 17.1. The average molecular weight is 427 g/mol. The van der Waals surface area contributed by atoms with Crippen LogP contribution in [0.4, 0.5) is 0 Å². The van der Waals surface area contributed by atoms with E-state index in [4.69, 9.17) is 10.5 Å². The van der Waals surface area contributed by atoms with E-state index in [0.29, 0.717) is 29.2 Å². The number of para-hydroxylation sites is 1. The molecule has 0 saturated carbocycles. The summed E-state index contributed by atoms with van der Waals surface area (Å²) in [5.74, 6) is 0.345. The van der Waals surface area contributed by atoms with Crippen molar-refractivity contribution < 1.29 is 14.3 Å². The molecule has 2 aromatic carbocycles. The Bertz CT molecular complexity index is 1220. The first-order chi connectivity index (χ1) is 15.6. The molecule has 4 aromatic rings. The van der Waals surface area contributed by atoms with E-state index in [1.54, 1.807) is 59.5 Å². The second-order valence-electron chi connectivity index (χ2n) is 7.01. The van der Waals surface area contributed by atoms with Crippen molar-refractivity contribution in [1.29, 1.82) is 0 Å². The zero-order chi connectivity index (χ0) is 22.3. The number of carbonyl (C=O) groups excluding carboxylic acids is 2. The molecule has 0 aliphatic heterocycles. The van der Waals surface area contributed by atoms with E-state index >= 15 is 0 Å². The van der Waals surface area contributed by atoms with Gasteiger partial charge in [-0.05, 0) is 47.5 Å². The Kier molecular flexibility index (Phi) is 6.22. The van der Waals surface area contributed by atoms with Gasteiger partial charge in [0.05, 0.1) is 5.56 Å². The largest absolute Gasteiger partial charge is 0.488 e. The number of primary amides is 1. The molecule has 160 valence electrons. The van der Waals surface area contributed by atoms with Gasteiger partial charge < -0.3 is 15.8 Å². The third-order valence-corrected chi connectivity index (χ3v) is 4.74. The predicted octanol–water partition coefficient (Wildman–Crippen LogP) is 2.88. The van der Waals surface area contributed by atoms with E-state index < -0.39 is 5.91 Å². The van der Waals surface area contributed by atoms with Crippen LogP contribution in [0.1, 0.15) is 31.8 Å². The SMILES string of the molecule is NC(=O)c1ccccc1OCc1cccc(C(=O)NCc2ccc(-n3cccn3)nc2)c1. The van der Waals surface area contributed by atoms with Gasteiger partial charge in [-0.3, -0.25) is 9.59 Å². The van der Waals surface area contributed by atoms with Gasteiger partial charge in [0.2, 0.25) is 0 Å². The molecule has 2 aromatic heterocycles. The van der Waals surface area contributed by atoms with Crippen LogP contribution in [-0.4, -0.2) is 26.6 Å². The molecule has 0 unspecified atom stereocenters. The predicted molar refractivity (Wildman–Crippen MR) is 118 cm³/mol. The molecule has 8 nitrogen and oxygen atoms in total. The fourth-order valence-electron chi connectivity index (χ4n) is 3.11. The van der Waals surface area contributed by atoms with Gasteiger partial charge in [-0.1, -0.05) is 30.3 Å². The van der Waals surface area contributed by atoms with Crippen molar-refractivity contribution in [3.63, 3.8) is 0 Å². The van der Waals surface area contributed by atoms with Gasteiger partial charge >= 0.3 is 0 Å². The van der Waals surface area contributed by atoms with Crippen LogP contribution >= 0.6 is 0 Å². The Hall–Kier alpha value is -4.46. The first-order valence-corrected chi connectivity index (χ1v) is 9.94. The maximum Gasteiger partial charge on any atom is 0.252 e. The van der Waals surface area contributed by atoms with Crippen LogP contribution < -0.4 is 15.8 Å². The minimum atomic E-state index is -0.555. The lowest BCUT2D eigenvalue weighted by atomic mass is 10.1. The second kappa shape index (κ2) is 9.57. The number of pyridine rings is 1.